The number of rotatable bonds is 2. The summed E-state index contributed by atoms with van der Waals surface area (Å²) in [5.41, 5.74) is 1.09. The molecule has 2 aliphatic heterocycles. The van der Waals surface area contributed by atoms with Gasteiger partial charge in [0.1, 0.15) is 6.10 Å². The second kappa shape index (κ2) is 4.44. The molecule has 2 fully saturated rings. The number of fused-ring (bicyclic) bond motifs is 1. The van der Waals surface area contributed by atoms with Crippen LogP contribution >= 0.6 is 0 Å². The van der Waals surface area contributed by atoms with Gasteiger partial charge in [0.2, 0.25) is 5.91 Å². The third kappa shape index (κ3) is 1.98. The summed E-state index contributed by atoms with van der Waals surface area (Å²) in [5, 5.41) is 0. The summed E-state index contributed by atoms with van der Waals surface area (Å²) >= 11 is 0. The minimum Gasteiger partial charge on any atom is -0.460 e. The SMILES string of the molecule is O=C1C[C@@H]2[C@@H](CCC(=O)N2Cc2ccccc2)O1. The molecule has 0 aliphatic carbocycles. The average Bonchev–Trinajstić information content (AvgIpc) is 2.75. The molecule has 18 heavy (non-hydrogen) atoms. The van der Waals surface area contributed by atoms with Crippen molar-refractivity contribution in [2.24, 2.45) is 0 Å². The molecule has 4 nitrogen and oxygen atoms in total. The van der Waals surface area contributed by atoms with E-state index in [1.165, 1.54) is 0 Å². The first kappa shape index (κ1) is 11.3. The van der Waals surface area contributed by atoms with Crippen molar-refractivity contribution in [1.29, 1.82) is 0 Å². The molecule has 0 radical (unpaired) electrons. The fourth-order valence-corrected chi connectivity index (χ4v) is 2.74. The Kier molecular flexibility index (Phi) is 2.78. The first-order chi connectivity index (χ1) is 8.74. The number of amides is 1. The number of ether oxygens (including phenoxy) is 1. The maximum absolute atomic E-state index is 12.0. The van der Waals surface area contributed by atoms with Gasteiger partial charge in [-0.1, -0.05) is 30.3 Å². The summed E-state index contributed by atoms with van der Waals surface area (Å²) in [4.78, 5) is 25.2. The first-order valence-electron chi connectivity index (χ1n) is 6.27. The summed E-state index contributed by atoms with van der Waals surface area (Å²) in [6.07, 6.45) is 1.38. The van der Waals surface area contributed by atoms with Crippen LogP contribution < -0.4 is 0 Å². The zero-order chi connectivity index (χ0) is 12.5. The van der Waals surface area contributed by atoms with Crippen molar-refractivity contribution < 1.29 is 14.3 Å². The molecule has 94 valence electrons. The maximum atomic E-state index is 12.0. The van der Waals surface area contributed by atoms with Crippen LogP contribution in [0.5, 0.6) is 0 Å². The molecule has 1 amide bonds. The molecule has 0 bridgehead atoms. The minimum absolute atomic E-state index is 0.0704. The third-order valence-corrected chi connectivity index (χ3v) is 3.65. The molecule has 2 atom stereocenters. The smallest absolute Gasteiger partial charge is 0.308 e. The Bertz CT molecular complexity index is 471. The lowest BCUT2D eigenvalue weighted by atomic mass is 9.97. The Balaban J connectivity index is 1.80. The fraction of sp³-hybridized carbons (Fsp3) is 0.429. The van der Waals surface area contributed by atoms with Crippen LogP contribution in [0.25, 0.3) is 0 Å². The second-order valence-electron chi connectivity index (χ2n) is 4.85. The van der Waals surface area contributed by atoms with Crippen molar-refractivity contribution in [3.05, 3.63) is 35.9 Å². The molecule has 0 spiro atoms. The van der Waals surface area contributed by atoms with Gasteiger partial charge in [-0.05, 0) is 12.0 Å². The topological polar surface area (TPSA) is 46.6 Å². The van der Waals surface area contributed by atoms with Gasteiger partial charge in [-0.3, -0.25) is 9.59 Å². The molecule has 0 saturated carbocycles. The van der Waals surface area contributed by atoms with Crippen LogP contribution in [-0.4, -0.2) is 28.9 Å². The summed E-state index contributed by atoms with van der Waals surface area (Å²) in [5.74, 6) is -0.0591. The second-order valence-corrected chi connectivity index (χ2v) is 4.85. The Morgan fingerprint density at radius 2 is 2.00 bits per heavy atom. The highest BCUT2D eigenvalue weighted by Gasteiger charge is 2.43. The summed E-state index contributed by atoms with van der Waals surface area (Å²) in [7, 11) is 0. The Labute approximate surface area is 106 Å². The molecule has 3 rings (SSSR count). The van der Waals surface area contributed by atoms with E-state index in [2.05, 4.69) is 0 Å². The molecule has 0 unspecified atom stereocenters. The van der Waals surface area contributed by atoms with Crippen molar-refractivity contribution in [3.8, 4) is 0 Å². The number of carbonyl (C=O) groups is 2. The number of likely N-dealkylation sites (tertiary alicyclic amines) is 1. The van der Waals surface area contributed by atoms with Gasteiger partial charge < -0.3 is 9.64 Å². The van der Waals surface area contributed by atoms with Crippen molar-refractivity contribution >= 4 is 11.9 Å². The number of piperidine rings is 1. The lowest BCUT2D eigenvalue weighted by molar-refractivity contribution is -0.147. The summed E-state index contributed by atoms with van der Waals surface area (Å²) in [6.45, 7) is 0.567. The average molecular weight is 245 g/mol. The van der Waals surface area contributed by atoms with E-state index in [-0.39, 0.29) is 24.0 Å². The lowest BCUT2D eigenvalue weighted by Gasteiger charge is -2.35. The van der Waals surface area contributed by atoms with Crippen LogP contribution in [0.2, 0.25) is 0 Å². The van der Waals surface area contributed by atoms with E-state index >= 15 is 0 Å². The van der Waals surface area contributed by atoms with E-state index in [9.17, 15) is 9.59 Å². The van der Waals surface area contributed by atoms with Gasteiger partial charge >= 0.3 is 5.97 Å². The number of nitrogens with zero attached hydrogens (tertiary/aromatic N) is 1. The normalized spacial score (nSPS) is 27.0. The van der Waals surface area contributed by atoms with Crippen molar-refractivity contribution in [3.63, 3.8) is 0 Å². The van der Waals surface area contributed by atoms with Crippen LogP contribution in [0.1, 0.15) is 24.8 Å². The molecular formula is C14H15NO3. The molecule has 0 aromatic heterocycles. The summed E-state index contributed by atoms with van der Waals surface area (Å²) in [6, 6.07) is 9.78. The number of esters is 1. The highest BCUT2D eigenvalue weighted by molar-refractivity contribution is 5.81. The molecular weight excluding hydrogens is 230 g/mol. The van der Waals surface area contributed by atoms with Gasteiger partial charge in [-0.25, -0.2) is 0 Å². The number of hydrogen-bond donors (Lipinski definition) is 0. The Morgan fingerprint density at radius 1 is 1.22 bits per heavy atom. The zero-order valence-electron chi connectivity index (χ0n) is 10.0. The molecule has 2 saturated heterocycles. The van der Waals surface area contributed by atoms with E-state index in [1.807, 2.05) is 30.3 Å². The monoisotopic (exact) mass is 245 g/mol. The van der Waals surface area contributed by atoms with Gasteiger partial charge in [-0.2, -0.15) is 0 Å². The molecule has 1 aromatic carbocycles. The number of carbonyl (C=O) groups excluding carboxylic acids is 2. The quantitative estimate of drug-likeness (QED) is 0.742. The highest BCUT2D eigenvalue weighted by atomic mass is 16.6. The van der Waals surface area contributed by atoms with Gasteiger partial charge in [0.15, 0.2) is 0 Å². The van der Waals surface area contributed by atoms with Crippen molar-refractivity contribution in [2.75, 3.05) is 0 Å². The Hall–Kier alpha value is -1.84. The lowest BCUT2D eigenvalue weighted by Crippen LogP contribution is -2.48. The van der Waals surface area contributed by atoms with Crippen molar-refractivity contribution in [2.45, 2.75) is 38.0 Å². The van der Waals surface area contributed by atoms with Gasteiger partial charge in [-0.15, -0.1) is 0 Å². The molecule has 1 aromatic rings. The standard InChI is InChI=1S/C14H15NO3/c16-13-7-6-12-11(8-14(17)18-12)15(13)9-10-4-2-1-3-5-10/h1-5,11-12H,6-9H2/t11-,12-/m1/s1. The van der Waals surface area contributed by atoms with E-state index < -0.39 is 0 Å². The van der Waals surface area contributed by atoms with Gasteiger partial charge in [0, 0.05) is 13.0 Å². The van der Waals surface area contributed by atoms with Crippen molar-refractivity contribution in [1.82, 2.24) is 4.90 Å². The van der Waals surface area contributed by atoms with Gasteiger partial charge in [0.05, 0.1) is 12.5 Å². The fourth-order valence-electron chi connectivity index (χ4n) is 2.74. The number of hydrogen-bond acceptors (Lipinski definition) is 3. The molecule has 2 aliphatic rings. The van der Waals surface area contributed by atoms with Crippen LogP contribution in [0.3, 0.4) is 0 Å². The minimum atomic E-state index is -0.183. The summed E-state index contributed by atoms with van der Waals surface area (Å²) < 4.78 is 5.25. The van der Waals surface area contributed by atoms with Gasteiger partial charge in [0.25, 0.3) is 0 Å². The zero-order valence-corrected chi connectivity index (χ0v) is 10.0. The largest absolute Gasteiger partial charge is 0.460 e. The van der Waals surface area contributed by atoms with Crippen LogP contribution in [0.15, 0.2) is 30.3 Å². The third-order valence-electron chi connectivity index (χ3n) is 3.65. The number of benzene rings is 1. The van der Waals surface area contributed by atoms with Crippen LogP contribution in [0.4, 0.5) is 0 Å². The molecule has 4 heteroatoms. The van der Waals surface area contributed by atoms with E-state index in [0.717, 1.165) is 5.56 Å². The van der Waals surface area contributed by atoms with E-state index in [1.54, 1.807) is 4.90 Å². The maximum Gasteiger partial charge on any atom is 0.308 e. The van der Waals surface area contributed by atoms with Crippen LogP contribution in [0, 0.1) is 0 Å². The van der Waals surface area contributed by atoms with Crippen LogP contribution in [-0.2, 0) is 20.9 Å². The first-order valence-corrected chi connectivity index (χ1v) is 6.27. The molecule has 2 heterocycles. The molecule has 0 N–H and O–H groups in total. The Morgan fingerprint density at radius 3 is 2.78 bits per heavy atom. The van der Waals surface area contributed by atoms with E-state index in [0.29, 0.717) is 25.8 Å². The van der Waals surface area contributed by atoms with E-state index in [4.69, 9.17) is 4.74 Å². The predicted molar refractivity (Wildman–Crippen MR) is 64.5 cm³/mol. The highest BCUT2D eigenvalue weighted by Crippen LogP contribution is 2.30. The predicted octanol–water partition coefficient (Wildman–Crippen LogP) is 1.49.